The molecule has 2 aliphatic heterocycles. The van der Waals surface area contributed by atoms with Gasteiger partial charge in [0.1, 0.15) is 23.2 Å². The molecule has 0 spiro atoms. The molecule has 0 aliphatic carbocycles. The summed E-state index contributed by atoms with van der Waals surface area (Å²) in [6.45, 7) is 9.85. The van der Waals surface area contributed by atoms with Gasteiger partial charge in [0.15, 0.2) is 5.65 Å². The molecule has 38 heavy (non-hydrogen) atoms. The summed E-state index contributed by atoms with van der Waals surface area (Å²) in [6, 6.07) is 6.52. The van der Waals surface area contributed by atoms with Crippen molar-refractivity contribution in [2.45, 2.75) is 83.0 Å². The van der Waals surface area contributed by atoms with Crippen molar-refractivity contribution in [3.05, 3.63) is 42.5 Å². The number of pyridine rings is 1. The zero-order valence-electron chi connectivity index (χ0n) is 22.9. The van der Waals surface area contributed by atoms with Crippen LogP contribution in [0.4, 0.5) is 0 Å². The Morgan fingerprint density at radius 3 is 2.63 bits per heavy atom. The van der Waals surface area contributed by atoms with Crippen molar-refractivity contribution in [1.82, 2.24) is 35.3 Å². The minimum absolute atomic E-state index is 0.00378. The molecule has 0 amide bonds. The Bertz CT molecular complexity index is 1430. The normalized spacial score (nSPS) is 21.6. The summed E-state index contributed by atoms with van der Waals surface area (Å²) >= 11 is 0. The summed E-state index contributed by atoms with van der Waals surface area (Å²) in [4.78, 5) is 4.78. The summed E-state index contributed by atoms with van der Waals surface area (Å²) < 4.78 is 14.1. The maximum Gasteiger partial charge on any atom is 0.162 e. The van der Waals surface area contributed by atoms with Crippen LogP contribution in [0.25, 0.3) is 33.5 Å². The molecule has 4 aromatic rings. The number of aromatic nitrogens is 6. The van der Waals surface area contributed by atoms with E-state index in [0.717, 1.165) is 66.6 Å². The van der Waals surface area contributed by atoms with E-state index < -0.39 is 0 Å². The van der Waals surface area contributed by atoms with Crippen LogP contribution in [0.3, 0.4) is 0 Å². The summed E-state index contributed by atoms with van der Waals surface area (Å²) in [5.41, 5.74) is 5.20. The van der Waals surface area contributed by atoms with Gasteiger partial charge in [-0.3, -0.25) is 5.10 Å². The van der Waals surface area contributed by atoms with Crippen LogP contribution in [0.5, 0.6) is 5.75 Å². The minimum Gasteiger partial charge on any atom is -0.494 e. The first-order chi connectivity index (χ1) is 18.2. The number of hydrogen-bond donors (Lipinski definition) is 2. The predicted octanol–water partition coefficient (Wildman–Crippen LogP) is 5.62. The fourth-order valence-corrected chi connectivity index (χ4v) is 6.50. The van der Waals surface area contributed by atoms with Gasteiger partial charge in [0.25, 0.3) is 0 Å². The van der Waals surface area contributed by atoms with Crippen molar-refractivity contribution >= 4 is 11.0 Å². The lowest BCUT2D eigenvalue weighted by Crippen LogP contribution is -2.57. The predicted molar refractivity (Wildman–Crippen MR) is 147 cm³/mol. The van der Waals surface area contributed by atoms with Gasteiger partial charge in [-0.15, -0.1) is 10.2 Å². The summed E-state index contributed by atoms with van der Waals surface area (Å²) in [5.74, 6) is 0.647. The summed E-state index contributed by atoms with van der Waals surface area (Å²) in [5, 5.41) is 21.6. The summed E-state index contributed by atoms with van der Waals surface area (Å²) in [7, 11) is 1.66. The highest BCUT2D eigenvalue weighted by atomic mass is 16.5. The fourth-order valence-electron chi connectivity index (χ4n) is 6.50. The van der Waals surface area contributed by atoms with E-state index in [0.29, 0.717) is 23.2 Å². The quantitative estimate of drug-likeness (QED) is 0.356. The van der Waals surface area contributed by atoms with E-state index in [-0.39, 0.29) is 17.2 Å². The van der Waals surface area contributed by atoms with Crippen molar-refractivity contribution in [3.63, 3.8) is 0 Å². The molecule has 0 saturated carbocycles. The number of methoxy groups -OCH3 is 1. The first-order valence-corrected chi connectivity index (χ1v) is 13.6. The van der Waals surface area contributed by atoms with Crippen molar-refractivity contribution in [2.24, 2.45) is 0 Å². The van der Waals surface area contributed by atoms with Crippen LogP contribution < -0.4 is 10.1 Å². The van der Waals surface area contributed by atoms with Crippen LogP contribution >= 0.6 is 0 Å². The molecule has 6 heterocycles. The average Bonchev–Trinajstić information content (AvgIpc) is 3.54. The largest absolute Gasteiger partial charge is 0.494 e. The number of ether oxygens (including phenoxy) is 2. The third-order valence-electron chi connectivity index (χ3n) is 7.80. The molecule has 9 heteroatoms. The monoisotopic (exact) mass is 515 g/mol. The number of nitrogens with zero attached hydrogens (tertiary/aromatic N) is 5. The molecule has 4 aromatic heterocycles. The first-order valence-electron chi connectivity index (χ1n) is 13.6. The second-order valence-corrected chi connectivity index (χ2v) is 12.0. The van der Waals surface area contributed by atoms with E-state index in [4.69, 9.17) is 14.5 Å². The van der Waals surface area contributed by atoms with E-state index >= 15 is 0 Å². The number of nitrogens with one attached hydrogen (secondary N) is 2. The summed E-state index contributed by atoms with van der Waals surface area (Å²) in [6.07, 6.45) is 11.2. The maximum absolute atomic E-state index is 5.99. The number of rotatable bonds is 5. The van der Waals surface area contributed by atoms with Crippen LogP contribution in [0.1, 0.15) is 77.6 Å². The Balaban J connectivity index is 1.31. The van der Waals surface area contributed by atoms with E-state index in [9.17, 15) is 0 Å². The first kappa shape index (κ1) is 25.0. The lowest BCUT2D eigenvalue weighted by Gasteiger charge is -2.47. The van der Waals surface area contributed by atoms with Crippen molar-refractivity contribution in [3.8, 4) is 28.3 Å². The molecule has 0 bridgehead atoms. The lowest BCUT2D eigenvalue weighted by atomic mass is 9.79. The Kier molecular flexibility index (Phi) is 6.23. The zero-order valence-corrected chi connectivity index (χ0v) is 22.9. The van der Waals surface area contributed by atoms with Gasteiger partial charge in [0.2, 0.25) is 0 Å². The molecule has 0 aromatic carbocycles. The molecular weight excluding hydrogens is 478 g/mol. The van der Waals surface area contributed by atoms with Crippen LogP contribution in [0.15, 0.2) is 36.8 Å². The lowest BCUT2D eigenvalue weighted by molar-refractivity contribution is 0.0126. The SMILES string of the molecule is COc1cc(-c2c[nH]nc2C2CCCCO2)cnc1-c1cc2ccn(C3CC(C)(C)NC(C)(C)C3)c2nn1. The van der Waals surface area contributed by atoms with Gasteiger partial charge in [-0.2, -0.15) is 5.10 Å². The second-order valence-electron chi connectivity index (χ2n) is 12.0. The van der Waals surface area contributed by atoms with Gasteiger partial charge in [-0.1, -0.05) is 0 Å². The molecule has 2 saturated heterocycles. The Morgan fingerprint density at radius 2 is 1.89 bits per heavy atom. The number of aromatic amines is 1. The van der Waals surface area contributed by atoms with Gasteiger partial charge in [0.05, 0.1) is 12.8 Å². The third kappa shape index (κ3) is 4.69. The Labute approximate surface area is 223 Å². The molecule has 2 fully saturated rings. The van der Waals surface area contributed by atoms with Gasteiger partial charge in [-0.25, -0.2) is 4.98 Å². The van der Waals surface area contributed by atoms with Gasteiger partial charge in [0, 0.05) is 58.8 Å². The van der Waals surface area contributed by atoms with Crippen LogP contribution in [0, 0.1) is 0 Å². The van der Waals surface area contributed by atoms with Gasteiger partial charge in [-0.05, 0) is 78.0 Å². The molecular formula is C29H37N7O2. The molecule has 0 radical (unpaired) electrons. The van der Waals surface area contributed by atoms with Crippen molar-refractivity contribution in [1.29, 1.82) is 0 Å². The smallest absolute Gasteiger partial charge is 0.162 e. The van der Waals surface area contributed by atoms with E-state index in [1.807, 2.05) is 18.5 Å². The van der Waals surface area contributed by atoms with E-state index in [1.165, 1.54) is 0 Å². The second kappa shape index (κ2) is 9.47. The number of fused-ring (bicyclic) bond motifs is 1. The third-order valence-corrected chi connectivity index (χ3v) is 7.80. The molecule has 200 valence electrons. The van der Waals surface area contributed by atoms with E-state index in [2.05, 4.69) is 76.3 Å². The number of hydrogen-bond acceptors (Lipinski definition) is 7. The Morgan fingerprint density at radius 1 is 1.08 bits per heavy atom. The maximum atomic E-state index is 5.99. The van der Waals surface area contributed by atoms with Crippen LogP contribution in [-0.2, 0) is 4.74 Å². The van der Waals surface area contributed by atoms with E-state index in [1.54, 1.807) is 7.11 Å². The standard InChI is InChI=1S/C29H37N7O2/c1-28(2)14-20(15-29(3,4)35-28)36-10-9-18-12-22(32-34-27(18)36)26-24(37-5)13-19(16-30-26)21-17-31-33-25(21)23-8-6-7-11-38-23/h9-10,12-13,16-17,20,23,35H,6-8,11,14-15H2,1-5H3,(H,31,33). The fraction of sp³-hybridized carbons (Fsp3) is 0.517. The highest BCUT2D eigenvalue weighted by molar-refractivity contribution is 5.81. The highest BCUT2D eigenvalue weighted by Gasteiger charge is 2.38. The van der Waals surface area contributed by atoms with Crippen LogP contribution in [-0.4, -0.2) is 54.7 Å². The van der Waals surface area contributed by atoms with Gasteiger partial charge >= 0.3 is 0 Å². The molecule has 1 atom stereocenters. The molecule has 2 aliphatic rings. The molecule has 6 rings (SSSR count). The molecule has 1 unspecified atom stereocenters. The highest BCUT2D eigenvalue weighted by Crippen LogP contribution is 2.39. The minimum atomic E-state index is 0.00378. The zero-order chi connectivity index (χ0) is 26.5. The number of H-pyrrole nitrogens is 1. The Hall–Kier alpha value is -3.30. The van der Waals surface area contributed by atoms with Crippen molar-refractivity contribution < 1.29 is 9.47 Å². The average molecular weight is 516 g/mol. The molecule has 9 nitrogen and oxygen atoms in total. The topological polar surface area (TPSA) is 103 Å². The van der Waals surface area contributed by atoms with Gasteiger partial charge < -0.3 is 19.4 Å². The molecule has 2 N–H and O–H groups in total. The van der Waals surface area contributed by atoms with Crippen molar-refractivity contribution in [2.75, 3.05) is 13.7 Å². The van der Waals surface area contributed by atoms with Crippen LogP contribution in [0.2, 0.25) is 0 Å². The number of piperidine rings is 1.